The molecule has 6 aromatic carbocycles. The van der Waals surface area contributed by atoms with E-state index in [-0.39, 0.29) is 6.04 Å². The number of hydrogen-bond donors (Lipinski definition) is 0. The third kappa shape index (κ3) is 4.66. The first-order valence-corrected chi connectivity index (χ1v) is 17.0. The first kappa shape index (κ1) is 28.4. The predicted octanol–water partition coefficient (Wildman–Crippen LogP) is 11.5. The maximum atomic E-state index is 6.28. The number of aromatic nitrogens is 4. The Bertz CT molecular complexity index is 2770. The highest BCUT2D eigenvalue weighted by Gasteiger charge is 2.21. The van der Waals surface area contributed by atoms with Gasteiger partial charge in [-0.3, -0.25) is 0 Å². The van der Waals surface area contributed by atoms with Crippen molar-refractivity contribution in [3.63, 3.8) is 0 Å². The molecule has 0 aliphatic heterocycles. The number of imidazole rings is 1. The number of allylic oxidation sites excluding steroid dienone is 4. The van der Waals surface area contributed by atoms with Crippen molar-refractivity contribution >= 4 is 49.4 Å². The molecule has 1 unspecified atom stereocenters. The van der Waals surface area contributed by atoms with Gasteiger partial charge in [-0.25, -0.2) is 15.0 Å². The molecule has 50 heavy (non-hydrogen) atoms. The van der Waals surface area contributed by atoms with Crippen LogP contribution in [0, 0.1) is 0 Å². The molecule has 0 fully saturated rings. The van der Waals surface area contributed by atoms with E-state index in [0.717, 1.165) is 84.0 Å². The molecule has 0 spiro atoms. The highest BCUT2D eigenvalue weighted by Crippen LogP contribution is 2.39. The van der Waals surface area contributed by atoms with Crippen molar-refractivity contribution in [3.8, 4) is 34.1 Å². The highest BCUT2D eigenvalue weighted by atomic mass is 16.3. The Kier molecular flexibility index (Phi) is 6.56. The van der Waals surface area contributed by atoms with E-state index in [0.29, 0.717) is 5.89 Å². The van der Waals surface area contributed by atoms with Crippen LogP contribution in [0.15, 0.2) is 168 Å². The molecule has 10 rings (SSSR count). The van der Waals surface area contributed by atoms with Crippen molar-refractivity contribution in [3.05, 3.63) is 169 Å². The molecule has 0 N–H and O–H groups in total. The molecule has 236 valence electrons. The highest BCUT2D eigenvalue weighted by molar-refractivity contribution is 6.20. The molecule has 0 bridgehead atoms. The van der Waals surface area contributed by atoms with Gasteiger partial charge in [0.05, 0.1) is 28.3 Å². The number of benzene rings is 6. The number of para-hydroxylation sites is 3. The standard InChI is InChI=1S/C45H30N4O/c1-3-12-31(13-4-1)44-47-38-20-9-10-21-39(38)49(44)34-17-11-16-33(28-34)29-22-24-30(25-23-29)42-36-26-27-40-43(41(36)35-18-7-8-19-37(35)46-42)48-45(50-40)32-14-5-2-6-15-32/h1-16,18-28,34H,17H2. The summed E-state index contributed by atoms with van der Waals surface area (Å²) < 4.78 is 8.67. The van der Waals surface area contributed by atoms with E-state index in [2.05, 4.69) is 126 Å². The summed E-state index contributed by atoms with van der Waals surface area (Å²) in [5, 5.41) is 3.17. The summed E-state index contributed by atoms with van der Waals surface area (Å²) in [7, 11) is 0. The van der Waals surface area contributed by atoms with Crippen molar-refractivity contribution in [2.75, 3.05) is 0 Å². The molecule has 3 heterocycles. The van der Waals surface area contributed by atoms with Gasteiger partial charge in [-0.15, -0.1) is 0 Å². The van der Waals surface area contributed by atoms with E-state index in [4.69, 9.17) is 19.4 Å². The lowest BCUT2D eigenvalue weighted by atomic mass is 9.94. The fourth-order valence-corrected chi connectivity index (χ4v) is 7.38. The second kappa shape index (κ2) is 11.5. The number of nitrogens with zero attached hydrogens (tertiary/aromatic N) is 4. The first-order chi connectivity index (χ1) is 24.8. The van der Waals surface area contributed by atoms with Crippen LogP contribution in [0.25, 0.3) is 83.5 Å². The molecule has 1 aliphatic rings. The molecular weight excluding hydrogens is 613 g/mol. The molecular formula is C45H30N4O. The van der Waals surface area contributed by atoms with Gasteiger partial charge in [-0.1, -0.05) is 121 Å². The zero-order valence-corrected chi connectivity index (χ0v) is 27.1. The Labute approximate surface area is 288 Å². The number of hydrogen-bond acceptors (Lipinski definition) is 4. The third-order valence-corrected chi connectivity index (χ3v) is 9.74. The smallest absolute Gasteiger partial charge is 0.227 e. The van der Waals surface area contributed by atoms with Crippen molar-refractivity contribution in [1.82, 2.24) is 19.5 Å². The van der Waals surface area contributed by atoms with E-state index in [1.807, 2.05) is 42.5 Å². The molecule has 1 atom stereocenters. The second-order valence-electron chi connectivity index (χ2n) is 12.8. The topological polar surface area (TPSA) is 56.7 Å². The van der Waals surface area contributed by atoms with Gasteiger partial charge >= 0.3 is 0 Å². The monoisotopic (exact) mass is 642 g/mol. The summed E-state index contributed by atoms with van der Waals surface area (Å²) in [5.74, 6) is 1.61. The average Bonchev–Trinajstić information content (AvgIpc) is 3.81. The molecule has 0 radical (unpaired) electrons. The predicted molar refractivity (Wildman–Crippen MR) is 204 cm³/mol. The van der Waals surface area contributed by atoms with Crippen LogP contribution in [0.2, 0.25) is 0 Å². The van der Waals surface area contributed by atoms with Gasteiger partial charge in [0.2, 0.25) is 5.89 Å². The minimum absolute atomic E-state index is 0.133. The Morgan fingerprint density at radius 3 is 2.08 bits per heavy atom. The summed E-state index contributed by atoms with van der Waals surface area (Å²) in [6.07, 6.45) is 7.80. The van der Waals surface area contributed by atoms with Crippen LogP contribution in [-0.2, 0) is 0 Å². The maximum Gasteiger partial charge on any atom is 0.227 e. The van der Waals surface area contributed by atoms with Crippen LogP contribution in [-0.4, -0.2) is 19.5 Å². The minimum Gasteiger partial charge on any atom is -0.436 e. The maximum absolute atomic E-state index is 6.28. The summed E-state index contributed by atoms with van der Waals surface area (Å²) in [4.78, 5) is 15.3. The van der Waals surface area contributed by atoms with Crippen molar-refractivity contribution in [2.45, 2.75) is 12.5 Å². The Balaban J connectivity index is 1.07. The first-order valence-electron chi connectivity index (χ1n) is 17.0. The van der Waals surface area contributed by atoms with E-state index in [9.17, 15) is 0 Å². The largest absolute Gasteiger partial charge is 0.436 e. The number of fused-ring (bicyclic) bond motifs is 6. The van der Waals surface area contributed by atoms with Gasteiger partial charge in [0, 0.05) is 32.8 Å². The van der Waals surface area contributed by atoms with Crippen molar-refractivity contribution < 1.29 is 4.42 Å². The summed E-state index contributed by atoms with van der Waals surface area (Å²) in [5.41, 5.74) is 11.1. The Morgan fingerprint density at radius 1 is 0.560 bits per heavy atom. The van der Waals surface area contributed by atoms with Crippen molar-refractivity contribution in [2.24, 2.45) is 0 Å². The lowest BCUT2D eigenvalue weighted by Gasteiger charge is -2.22. The van der Waals surface area contributed by atoms with E-state index < -0.39 is 0 Å². The SMILES string of the molecule is C1=CC(c2ccc(-c3nc4ccccc4c4c3ccc3oc(-c5ccccc5)nc34)cc2)=CC(n2c(-c3ccccc3)nc3ccccc32)C1. The van der Waals surface area contributed by atoms with Gasteiger partial charge < -0.3 is 8.98 Å². The zero-order valence-electron chi connectivity index (χ0n) is 27.1. The molecule has 1 aliphatic carbocycles. The Hall–Kier alpha value is -6.59. The summed E-state index contributed by atoms with van der Waals surface area (Å²) in [6.45, 7) is 0. The number of oxazole rings is 1. The lowest BCUT2D eigenvalue weighted by molar-refractivity contribution is 0.620. The summed E-state index contributed by atoms with van der Waals surface area (Å²) >= 11 is 0. The Morgan fingerprint density at radius 2 is 1.26 bits per heavy atom. The summed E-state index contributed by atoms with van der Waals surface area (Å²) in [6, 6.07) is 50.3. The normalized spacial score (nSPS) is 14.6. The molecule has 0 saturated carbocycles. The zero-order chi connectivity index (χ0) is 33.0. The lowest BCUT2D eigenvalue weighted by Crippen LogP contribution is -2.10. The minimum atomic E-state index is 0.133. The molecule has 3 aromatic heterocycles. The molecule has 9 aromatic rings. The van der Waals surface area contributed by atoms with Gasteiger partial charge in [-0.05, 0) is 60.0 Å². The quantitative estimate of drug-likeness (QED) is 0.175. The fourth-order valence-electron chi connectivity index (χ4n) is 7.38. The van der Waals surface area contributed by atoms with Gasteiger partial charge in [0.1, 0.15) is 11.3 Å². The average molecular weight is 643 g/mol. The fraction of sp³-hybridized carbons (Fsp3) is 0.0444. The number of pyridine rings is 1. The van der Waals surface area contributed by atoms with Gasteiger partial charge in [-0.2, -0.15) is 0 Å². The molecule has 0 saturated heterocycles. The van der Waals surface area contributed by atoms with Crippen LogP contribution >= 0.6 is 0 Å². The van der Waals surface area contributed by atoms with Crippen LogP contribution in [0.1, 0.15) is 18.0 Å². The van der Waals surface area contributed by atoms with E-state index in [1.54, 1.807) is 0 Å². The second-order valence-corrected chi connectivity index (χ2v) is 12.8. The van der Waals surface area contributed by atoms with Gasteiger partial charge in [0.25, 0.3) is 0 Å². The molecule has 5 heteroatoms. The molecule has 5 nitrogen and oxygen atoms in total. The van der Waals surface area contributed by atoms with Gasteiger partial charge in [0.15, 0.2) is 5.58 Å². The van der Waals surface area contributed by atoms with E-state index >= 15 is 0 Å². The van der Waals surface area contributed by atoms with E-state index in [1.165, 1.54) is 5.57 Å². The van der Waals surface area contributed by atoms with Crippen LogP contribution in [0.5, 0.6) is 0 Å². The van der Waals surface area contributed by atoms with Crippen LogP contribution in [0.4, 0.5) is 0 Å². The number of rotatable bonds is 5. The third-order valence-electron chi connectivity index (χ3n) is 9.74. The molecule has 0 amide bonds. The van der Waals surface area contributed by atoms with Crippen molar-refractivity contribution in [1.29, 1.82) is 0 Å². The van der Waals surface area contributed by atoms with Crippen LogP contribution < -0.4 is 0 Å². The van der Waals surface area contributed by atoms with Crippen LogP contribution in [0.3, 0.4) is 0 Å².